The summed E-state index contributed by atoms with van der Waals surface area (Å²) in [5, 5.41) is 1.31. The molecule has 1 saturated heterocycles. The molecule has 140 valence electrons. The number of anilines is 1. The highest BCUT2D eigenvalue weighted by Crippen LogP contribution is 2.36. The largest absolute Gasteiger partial charge is 0.378 e. The van der Waals surface area contributed by atoms with E-state index in [0.29, 0.717) is 5.92 Å². The molecule has 0 radical (unpaired) electrons. The summed E-state index contributed by atoms with van der Waals surface area (Å²) in [6.45, 7) is 5.73. The van der Waals surface area contributed by atoms with Crippen LogP contribution >= 0.6 is 0 Å². The van der Waals surface area contributed by atoms with Crippen molar-refractivity contribution in [1.82, 2.24) is 9.47 Å². The normalized spacial score (nSPS) is 20.8. The number of hydrogen-bond donors (Lipinski definition) is 0. The second-order valence-corrected chi connectivity index (χ2v) is 7.98. The fourth-order valence-corrected chi connectivity index (χ4v) is 4.63. The van der Waals surface area contributed by atoms with Crippen molar-refractivity contribution in [2.24, 2.45) is 7.05 Å². The predicted octanol–water partition coefficient (Wildman–Crippen LogP) is 3.59. The molecule has 2 aromatic carbocycles. The fraction of sp³-hybridized carbons (Fsp3) is 0.391. The lowest BCUT2D eigenvalue weighted by molar-refractivity contribution is 0.122. The van der Waals surface area contributed by atoms with Crippen LogP contribution in [0.3, 0.4) is 0 Å². The van der Waals surface area contributed by atoms with Gasteiger partial charge in [-0.1, -0.05) is 18.2 Å². The van der Waals surface area contributed by atoms with Crippen LogP contribution in [0.5, 0.6) is 0 Å². The molecule has 4 nitrogen and oxygen atoms in total. The summed E-state index contributed by atoms with van der Waals surface area (Å²) in [5.74, 6) is 0.428. The molecule has 1 aromatic heterocycles. The van der Waals surface area contributed by atoms with Gasteiger partial charge in [-0.2, -0.15) is 0 Å². The zero-order valence-electron chi connectivity index (χ0n) is 16.2. The Labute approximate surface area is 160 Å². The van der Waals surface area contributed by atoms with E-state index in [0.717, 1.165) is 39.4 Å². The summed E-state index contributed by atoms with van der Waals surface area (Å²) in [6.07, 6.45) is 2.14. The highest BCUT2D eigenvalue weighted by atomic mass is 16.5. The molecule has 2 aliphatic rings. The number of nitrogens with zero attached hydrogens (tertiary/aromatic N) is 3. The summed E-state index contributed by atoms with van der Waals surface area (Å²) < 4.78 is 7.73. The zero-order valence-corrected chi connectivity index (χ0v) is 16.2. The quantitative estimate of drug-likeness (QED) is 0.696. The third-order valence-corrected chi connectivity index (χ3v) is 6.13. The number of aryl methyl sites for hydroxylation is 1. The summed E-state index contributed by atoms with van der Waals surface area (Å²) in [4.78, 5) is 4.90. The Kier molecular flexibility index (Phi) is 4.18. The molecule has 3 aromatic rings. The third-order valence-electron chi connectivity index (χ3n) is 6.13. The summed E-state index contributed by atoms with van der Waals surface area (Å²) >= 11 is 0. The van der Waals surface area contributed by atoms with Crippen molar-refractivity contribution in [1.29, 1.82) is 0 Å². The van der Waals surface area contributed by atoms with Crippen LogP contribution in [-0.2, 0) is 18.3 Å². The van der Waals surface area contributed by atoms with Gasteiger partial charge in [-0.15, -0.1) is 0 Å². The molecular formula is C23H27N3O. The van der Waals surface area contributed by atoms with Gasteiger partial charge in [0, 0.05) is 56.5 Å². The smallest absolute Gasteiger partial charge is 0.0642 e. The van der Waals surface area contributed by atoms with Crippen LogP contribution < -0.4 is 4.90 Å². The first kappa shape index (κ1) is 16.8. The molecule has 2 aliphatic heterocycles. The molecule has 1 atom stereocenters. The summed E-state index contributed by atoms with van der Waals surface area (Å²) in [5.41, 5.74) is 7.01. The molecule has 0 spiro atoms. The monoisotopic (exact) mass is 361 g/mol. The van der Waals surface area contributed by atoms with Crippen LogP contribution in [0.2, 0.25) is 0 Å². The molecule has 3 heterocycles. The highest BCUT2D eigenvalue weighted by Gasteiger charge is 2.26. The van der Waals surface area contributed by atoms with E-state index in [9.17, 15) is 0 Å². The van der Waals surface area contributed by atoms with E-state index in [-0.39, 0.29) is 0 Å². The van der Waals surface area contributed by atoms with Gasteiger partial charge in [0.1, 0.15) is 0 Å². The Balaban J connectivity index is 1.53. The molecule has 5 rings (SSSR count). The standard InChI is InChI=1S/C23H27N3O/c1-24-15-19-13-20(26-9-11-27-12-10-26)5-6-21(19)22(16-24)18-4-3-17-7-8-25(2)23(17)14-18/h3-8,13-14,22H,9-12,15-16H2,1-2H3. The van der Waals surface area contributed by atoms with Crippen LogP contribution in [0.15, 0.2) is 48.7 Å². The van der Waals surface area contributed by atoms with Crippen LogP contribution in [0.1, 0.15) is 22.6 Å². The maximum absolute atomic E-state index is 5.51. The Hall–Kier alpha value is -2.30. The first-order chi connectivity index (χ1) is 13.2. The third kappa shape index (κ3) is 3.03. The molecule has 4 heteroatoms. The van der Waals surface area contributed by atoms with E-state index in [4.69, 9.17) is 4.74 Å². The number of aromatic nitrogens is 1. The number of morpholine rings is 1. The van der Waals surface area contributed by atoms with Crippen molar-refractivity contribution >= 4 is 16.6 Å². The minimum Gasteiger partial charge on any atom is -0.378 e. The van der Waals surface area contributed by atoms with Crippen molar-refractivity contribution < 1.29 is 4.74 Å². The first-order valence-electron chi connectivity index (χ1n) is 9.88. The van der Waals surface area contributed by atoms with E-state index in [1.54, 1.807) is 0 Å². The number of rotatable bonds is 2. The lowest BCUT2D eigenvalue weighted by atomic mass is 9.84. The molecule has 0 bridgehead atoms. The van der Waals surface area contributed by atoms with E-state index in [1.165, 1.54) is 33.3 Å². The summed E-state index contributed by atoms with van der Waals surface area (Å²) in [7, 11) is 4.36. The Morgan fingerprint density at radius 2 is 1.81 bits per heavy atom. The molecular weight excluding hydrogens is 334 g/mol. The van der Waals surface area contributed by atoms with Crippen LogP contribution in [0, 0.1) is 0 Å². The van der Waals surface area contributed by atoms with Gasteiger partial charge in [-0.25, -0.2) is 0 Å². The van der Waals surface area contributed by atoms with Crippen LogP contribution in [0.25, 0.3) is 10.9 Å². The van der Waals surface area contributed by atoms with Crippen molar-refractivity contribution in [3.63, 3.8) is 0 Å². The lowest BCUT2D eigenvalue weighted by Crippen LogP contribution is -2.36. The van der Waals surface area contributed by atoms with E-state index in [2.05, 4.69) is 77.1 Å². The van der Waals surface area contributed by atoms with E-state index in [1.807, 2.05) is 0 Å². The van der Waals surface area contributed by atoms with Gasteiger partial charge < -0.3 is 19.1 Å². The fourth-order valence-electron chi connectivity index (χ4n) is 4.63. The lowest BCUT2D eigenvalue weighted by Gasteiger charge is -2.35. The van der Waals surface area contributed by atoms with Gasteiger partial charge >= 0.3 is 0 Å². The Bertz CT molecular complexity index is 971. The van der Waals surface area contributed by atoms with Gasteiger partial charge in [0.2, 0.25) is 0 Å². The van der Waals surface area contributed by atoms with E-state index < -0.39 is 0 Å². The van der Waals surface area contributed by atoms with Crippen LogP contribution in [0.4, 0.5) is 5.69 Å². The second-order valence-electron chi connectivity index (χ2n) is 7.98. The van der Waals surface area contributed by atoms with Crippen molar-refractivity contribution in [2.45, 2.75) is 12.5 Å². The van der Waals surface area contributed by atoms with Gasteiger partial charge in [0.15, 0.2) is 0 Å². The highest BCUT2D eigenvalue weighted by molar-refractivity contribution is 5.81. The molecule has 0 saturated carbocycles. The molecule has 1 fully saturated rings. The minimum absolute atomic E-state index is 0.428. The first-order valence-corrected chi connectivity index (χ1v) is 9.88. The average Bonchev–Trinajstić information content (AvgIpc) is 3.08. The topological polar surface area (TPSA) is 20.6 Å². The second kappa shape index (κ2) is 6.70. The maximum Gasteiger partial charge on any atom is 0.0642 e. The SMILES string of the molecule is CN1Cc2cc(N3CCOCC3)ccc2C(c2ccc3ccn(C)c3c2)C1. The minimum atomic E-state index is 0.428. The van der Waals surface area contributed by atoms with Crippen molar-refractivity contribution in [3.05, 3.63) is 65.4 Å². The van der Waals surface area contributed by atoms with Crippen LogP contribution in [-0.4, -0.2) is 49.4 Å². The molecule has 0 N–H and O–H groups in total. The Morgan fingerprint density at radius 3 is 2.67 bits per heavy atom. The average molecular weight is 361 g/mol. The summed E-state index contributed by atoms with van der Waals surface area (Å²) in [6, 6.07) is 16.2. The van der Waals surface area contributed by atoms with Gasteiger partial charge in [-0.3, -0.25) is 0 Å². The molecule has 1 unspecified atom stereocenters. The van der Waals surface area contributed by atoms with Gasteiger partial charge in [0.05, 0.1) is 13.2 Å². The Morgan fingerprint density at radius 1 is 0.963 bits per heavy atom. The molecule has 0 amide bonds. The molecule has 0 aliphatic carbocycles. The van der Waals surface area contributed by atoms with Crippen molar-refractivity contribution in [3.8, 4) is 0 Å². The van der Waals surface area contributed by atoms with Gasteiger partial charge in [0.25, 0.3) is 0 Å². The number of fused-ring (bicyclic) bond motifs is 2. The number of ether oxygens (including phenoxy) is 1. The molecule has 27 heavy (non-hydrogen) atoms. The predicted molar refractivity (Wildman–Crippen MR) is 111 cm³/mol. The van der Waals surface area contributed by atoms with Crippen molar-refractivity contribution in [2.75, 3.05) is 44.8 Å². The number of likely N-dealkylation sites (N-methyl/N-ethyl adjacent to an activating group) is 1. The number of benzene rings is 2. The van der Waals surface area contributed by atoms with E-state index >= 15 is 0 Å². The zero-order chi connectivity index (χ0) is 18.4. The maximum atomic E-state index is 5.51. The number of hydrogen-bond acceptors (Lipinski definition) is 3. The van der Waals surface area contributed by atoms with Gasteiger partial charge in [-0.05, 0) is 53.4 Å².